The van der Waals surface area contributed by atoms with Crippen molar-refractivity contribution in [1.29, 1.82) is 0 Å². The molecule has 1 heterocycles. The van der Waals surface area contributed by atoms with E-state index in [0.717, 1.165) is 32.6 Å². The van der Waals surface area contributed by atoms with Crippen molar-refractivity contribution < 1.29 is 0 Å². The maximum atomic E-state index is 3.48. The molecule has 0 spiro atoms. The molecule has 94 valence electrons. The van der Waals surface area contributed by atoms with E-state index >= 15 is 0 Å². The molecule has 0 unspecified atom stereocenters. The molecule has 2 rings (SSSR count). The zero-order chi connectivity index (χ0) is 12.1. The van der Waals surface area contributed by atoms with Crippen molar-refractivity contribution in [2.45, 2.75) is 12.8 Å². The molecule has 0 bridgehead atoms. The van der Waals surface area contributed by atoms with Crippen LogP contribution in [0.2, 0.25) is 0 Å². The first kappa shape index (κ1) is 12.4. The van der Waals surface area contributed by atoms with E-state index in [1.807, 2.05) is 0 Å². The van der Waals surface area contributed by atoms with Crippen molar-refractivity contribution in [2.75, 3.05) is 45.6 Å². The number of likely N-dealkylation sites (N-methyl/N-ethyl adjacent to an activating group) is 1. The lowest BCUT2D eigenvalue weighted by Crippen LogP contribution is -2.27. The minimum absolute atomic E-state index is 1.07. The number of rotatable bonds is 6. The Balaban J connectivity index is 1.72. The molecule has 1 aromatic rings. The van der Waals surface area contributed by atoms with Crippen LogP contribution < -0.4 is 10.6 Å². The lowest BCUT2D eigenvalue weighted by Gasteiger charge is -2.10. The van der Waals surface area contributed by atoms with E-state index in [0.29, 0.717) is 0 Å². The van der Waals surface area contributed by atoms with Crippen LogP contribution >= 0.6 is 0 Å². The second kappa shape index (κ2) is 6.03. The Morgan fingerprint density at radius 1 is 1.29 bits per heavy atom. The zero-order valence-electron chi connectivity index (χ0n) is 10.9. The predicted octanol–water partition coefficient (Wildman–Crippen LogP) is 1.35. The maximum absolute atomic E-state index is 3.48. The Morgan fingerprint density at radius 3 is 3.00 bits per heavy atom. The number of nitrogens with one attached hydrogen (secondary N) is 2. The van der Waals surface area contributed by atoms with E-state index in [1.165, 1.54) is 23.2 Å². The second-order valence-corrected chi connectivity index (χ2v) is 4.97. The fourth-order valence-electron chi connectivity index (χ4n) is 2.17. The Morgan fingerprint density at radius 2 is 2.18 bits per heavy atom. The van der Waals surface area contributed by atoms with Crippen LogP contribution in [0.1, 0.15) is 11.1 Å². The molecule has 3 heteroatoms. The SMILES string of the molecule is CN(C)CCNCCc1ccc2c(c1)CCN2. The molecule has 17 heavy (non-hydrogen) atoms. The highest BCUT2D eigenvalue weighted by molar-refractivity contribution is 5.56. The number of hydrogen-bond donors (Lipinski definition) is 2. The summed E-state index contributed by atoms with van der Waals surface area (Å²) in [5, 5.41) is 6.87. The standard InChI is InChI=1S/C14H23N3/c1-17(2)10-9-15-7-5-12-3-4-14-13(11-12)6-8-16-14/h3-4,11,15-16H,5-10H2,1-2H3. The summed E-state index contributed by atoms with van der Waals surface area (Å²) in [6.45, 7) is 4.34. The molecule has 1 aromatic carbocycles. The molecule has 0 amide bonds. The number of nitrogens with zero attached hydrogens (tertiary/aromatic N) is 1. The summed E-state index contributed by atoms with van der Waals surface area (Å²) < 4.78 is 0. The Labute approximate surface area is 104 Å². The third kappa shape index (κ3) is 3.72. The smallest absolute Gasteiger partial charge is 0.0373 e. The quantitative estimate of drug-likeness (QED) is 0.726. The average molecular weight is 233 g/mol. The van der Waals surface area contributed by atoms with Crippen LogP contribution in [0.5, 0.6) is 0 Å². The molecule has 1 aliphatic rings. The van der Waals surface area contributed by atoms with Gasteiger partial charge in [-0.05, 0) is 50.7 Å². The summed E-state index contributed by atoms with van der Waals surface area (Å²) in [4.78, 5) is 2.20. The lowest BCUT2D eigenvalue weighted by atomic mass is 10.1. The number of hydrogen-bond acceptors (Lipinski definition) is 3. The fourth-order valence-corrected chi connectivity index (χ4v) is 2.17. The van der Waals surface area contributed by atoms with Gasteiger partial charge in [0.05, 0.1) is 0 Å². The Hall–Kier alpha value is -1.06. The molecule has 0 saturated heterocycles. The highest BCUT2D eigenvalue weighted by atomic mass is 15.1. The van der Waals surface area contributed by atoms with Gasteiger partial charge in [0.15, 0.2) is 0 Å². The first-order valence-corrected chi connectivity index (χ1v) is 6.47. The monoisotopic (exact) mass is 233 g/mol. The van der Waals surface area contributed by atoms with Gasteiger partial charge in [-0.1, -0.05) is 12.1 Å². The fraction of sp³-hybridized carbons (Fsp3) is 0.571. The van der Waals surface area contributed by atoms with Gasteiger partial charge in [-0.2, -0.15) is 0 Å². The Bertz CT molecular complexity index is 360. The van der Waals surface area contributed by atoms with Crippen LogP contribution in [0, 0.1) is 0 Å². The predicted molar refractivity (Wildman–Crippen MR) is 73.8 cm³/mol. The van der Waals surface area contributed by atoms with Crippen LogP contribution in [-0.2, 0) is 12.8 Å². The average Bonchev–Trinajstić information content (AvgIpc) is 2.75. The molecule has 0 fully saturated rings. The summed E-state index contributed by atoms with van der Waals surface area (Å²) in [5.41, 5.74) is 4.26. The molecule has 1 aliphatic heterocycles. The largest absolute Gasteiger partial charge is 0.384 e. The zero-order valence-corrected chi connectivity index (χ0v) is 10.9. The van der Waals surface area contributed by atoms with Crippen molar-refractivity contribution in [2.24, 2.45) is 0 Å². The van der Waals surface area contributed by atoms with Crippen LogP contribution in [0.15, 0.2) is 18.2 Å². The van der Waals surface area contributed by atoms with E-state index in [-0.39, 0.29) is 0 Å². The highest BCUT2D eigenvalue weighted by Crippen LogP contribution is 2.22. The first-order chi connectivity index (χ1) is 8.25. The van der Waals surface area contributed by atoms with Crippen molar-refractivity contribution in [3.63, 3.8) is 0 Å². The van der Waals surface area contributed by atoms with E-state index in [1.54, 1.807) is 0 Å². The van der Waals surface area contributed by atoms with E-state index in [4.69, 9.17) is 0 Å². The summed E-state index contributed by atoms with van der Waals surface area (Å²) >= 11 is 0. The first-order valence-electron chi connectivity index (χ1n) is 6.47. The second-order valence-electron chi connectivity index (χ2n) is 4.97. The van der Waals surface area contributed by atoms with Crippen molar-refractivity contribution >= 4 is 5.69 Å². The summed E-state index contributed by atoms with van der Waals surface area (Å²) in [7, 11) is 4.21. The molecular weight excluding hydrogens is 210 g/mol. The normalized spacial score (nSPS) is 13.8. The van der Waals surface area contributed by atoms with Gasteiger partial charge in [-0.25, -0.2) is 0 Å². The van der Waals surface area contributed by atoms with E-state index < -0.39 is 0 Å². The van der Waals surface area contributed by atoms with Crippen LogP contribution in [0.25, 0.3) is 0 Å². The molecule has 0 atom stereocenters. The van der Waals surface area contributed by atoms with Gasteiger partial charge < -0.3 is 15.5 Å². The van der Waals surface area contributed by atoms with Gasteiger partial charge in [0.1, 0.15) is 0 Å². The van der Waals surface area contributed by atoms with E-state index in [2.05, 4.69) is 47.8 Å². The van der Waals surface area contributed by atoms with Gasteiger partial charge in [0.2, 0.25) is 0 Å². The molecular formula is C14H23N3. The van der Waals surface area contributed by atoms with Crippen molar-refractivity contribution in [1.82, 2.24) is 10.2 Å². The summed E-state index contributed by atoms with van der Waals surface area (Å²) in [6.07, 6.45) is 2.30. The minimum Gasteiger partial charge on any atom is -0.384 e. The van der Waals surface area contributed by atoms with Gasteiger partial charge in [-0.15, -0.1) is 0 Å². The number of fused-ring (bicyclic) bond motifs is 1. The molecule has 0 aromatic heterocycles. The third-order valence-corrected chi connectivity index (χ3v) is 3.21. The van der Waals surface area contributed by atoms with Crippen molar-refractivity contribution in [3.05, 3.63) is 29.3 Å². The van der Waals surface area contributed by atoms with Gasteiger partial charge in [0, 0.05) is 25.3 Å². The topological polar surface area (TPSA) is 27.3 Å². The maximum Gasteiger partial charge on any atom is 0.0373 e. The molecule has 0 saturated carbocycles. The lowest BCUT2D eigenvalue weighted by molar-refractivity contribution is 0.401. The third-order valence-electron chi connectivity index (χ3n) is 3.21. The molecule has 2 N–H and O–H groups in total. The van der Waals surface area contributed by atoms with E-state index in [9.17, 15) is 0 Å². The van der Waals surface area contributed by atoms with Crippen LogP contribution in [-0.4, -0.2) is 45.2 Å². The number of benzene rings is 1. The highest BCUT2D eigenvalue weighted by Gasteiger charge is 2.09. The van der Waals surface area contributed by atoms with Crippen LogP contribution in [0.4, 0.5) is 5.69 Å². The van der Waals surface area contributed by atoms with Gasteiger partial charge >= 0.3 is 0 Å². The molecule has 0 aliphatic carbocycles. The minimum atomic E-state index is 1.07. The van der Waals surface area contributed by atoms with Gasteiger partial charge in [0.25, 0.3) is 0 Å². The summed E-state index contributed by atoms with van der Waals surface area (Å²) in [6, 6.07) is 6.81. The Kier molecular flexibility index (Phi) is 4.40. The van der Waals surface area contributed by atoms with Crippen LogP contribution in [0.3, 0.4) is 0 Å². The van der Waals surface area contributed by atoms with Gasteiger partial charge in [-0.3, -0.25) is 0 Å². The molecule has 0 radical (unpaired) electrons. The van der Waals surface area contributed by atoms with Crippen molar-refractivity contribution in [3.8, 4) is 0 Å². The number of anilines is 1. The summed E-state index contributed by atoms with van der Waals surface area (Å²) in [5.74, 6) is 0. The molecule has 3 nitrogen and oxygen atoms in total.